The lowest BCUT2D eigenvalue weighted by Gasteiger charge is -2.14. The summed E-state index contributed by atoms with van der Waals surface area (Å²) in [7, 11) is -1.51. The monoisotopic (exact) mass is 218 g/mol. The molecule has 1 N–H and O–H groups in total. The molecule has 0 aromatic heterocycles. The zero-order chi connectivity index (χ0) is 10.6. The molecule has 0 radical (unpaired) electrons. The van der Waals surface area contributed by atoms with Crippen LogP contribution < -0.4 is 5.32 Å². The quantitative estimate of drug-likeness (QED) is 0.620. The average molecular weight is 218 g/mol. The lowest BCUT2D eigenvalue weighted by Crippen LogP contribution is -2.34. The van der Waals surface area contributed by atoms with Crippen molar-refractivity contribution in [1.29, 1.82) is 0 Å². The Bertz CT molecular complexity index is 283. The molecule has 0 saturated heterocycles. The number of rotatable bonds is 7. The first-order chi connectivity index (χ1) is 6.56. The van der Waals surface area contributed by atoms with Crippen molar-refractivity contribution in [2.24, 2.45) is 0 Å². The van der Waals surface area contributed by atoms with Gasteiger partial charge >= 0.3 is 0 Å². The summed E-state index contributed by atoms with van der Waals surface area (Å²) in [4.78, 5) is 0. The molecule has 0 aliphatic heterocycles. The second-order valence-electron chi connectivity index (χ2n) is 3.61. The van der Waals surface area contributed by atoms with Gasteiger partial charge in [-0.1, -0.05) is 6.08 Å². The first-order valence-corrected chi connectivity index (χ1v) is 6.45. The second kappa shape index (κ2) is 4.91. The van der Waals surface area contributed by atoms with Gasteiger partial charge in [-0.25, -0.2) is 12.7 Å². The van der Waals surface area contributed by atoms with Crippen molar-refractivity contribution in [3.8, 4) is 0 Å². The summed E-state index contributed by atoms with van der Waals surface area (Å²) in [5.74, 6) is 0.174. The summed E-state index contributed by atoms with van der Waals surface area (Å²) in [5.41, 5.74) is 0. The zero-order valence-electron chi connectivity index (χ0n) is 8.57. The van der Waals surface area contributed by atoms with Crippen LogP contribution in [0, 0.1) is 0 Å². The molecule has 14 heavy (non-hydrogen) atoms. The highest BCUT2D eigenvalue weighted by Gasteiger charge is 2.22. The van der Waals surface area contributed by atoms with E-state index in [1.54, 1.807) is 13.1 Å². The van der Waals surface area contributed by atoms with Gasteiger partial charge in [-0.3, -0.25) is 0 Å². The fraction of sp³-hybridized carbons (Fsp3) is 0.778. The topological polar surface area (TPSA) is 49.4 Å². The molecule has 0 heterocycles. The Morgan fingerprint density at radius 3 is 2.71 bits per heavy atom. The van der Waals surface area contributed by atoms with Gasteiger partial charge in [-0.15, -0.1) is 6.58 Å². The minimum absolute atomic E-state index is 0.174. The number of likely N-dealkylation sites (N-methyl/N-ethyl adjacent to an activating group) is 1. The molecule has 5 heteroatoms. The number of sulfonamides is 1. The molecule has 1 saturated carbocycles. The third-order valence-corrected chi connectivity index (χ3v) is 4.05. The van der Waals surface area contributed by atoms with E-state index in [2.05, 4.69) is 11.9 Å². The standard InChI is InChI=1S/C9H18N2O2S/c1-3-7-11(2)14(12,13)8-6-10-9-4-5-9/h3,9-10H,1,4-8H2,2H3. The minimum atomic E-state index is -3.09. The van der Waals surface area contributed by atoms with Crippen LogP contribution in [0.2, 0.25) is 0 Å². The molecule has 0 amide bonds. The first-order valence-electron chi connectivity index (χ1n) is 4.84. The molecule has 0 unspecified atom stereocenters. The minimum Gasteiger partial charge on any atom is -0.313 e. The van der Waals surface area contributed by atoms with E-state index in [9.17, 15) is 8.42 Å². The predicted octanol–water partition coefficient (Wildman–Crippen LogP) is 0.186. The highest BCUT2D eigenvalue weighted by molar-refractivity contribution is 7.89. The first kappa shape index (κ1) is 11.7. The number of nitrogens with zero attached hydrogens (tertiary/aromatic N) is 1. The fourth-order valence-corrected chi connectivity index (χ4v) is 2.15. The van der Waals surface area contributed by atoms with E-state index in [0.717, 1.165) is 0 Å². The molecular formula is C9H18N2O2S. The van der Waals surface area contributed by atoms with Crippen molar-refractivity contribution >= 4 is 10.0 Å². The Kier molecular flexibility index (Phi) is 4.10. The summed E-state index contributed by atoms with van der Waals surface area (Å²) < 4.78 is 24.4. The average Bonchev–Trinajstić information content (AvgIpc) is 2.88. The summed E-state index contributed by atoms with van der Waals surface area (Å²) in [6, 6.07) is 0.565. The normalized spacial score (nSPS) is 17.3. The van der Waals surface area contributed by atoms with Gasteiger partial charge < -0.3 is 5.32 Å². The maximum Gasteiger partial charge on any atom is 0.215 e. The highest BCUT2D eigenvalue weighted by atomic mass is 32.2. The van der Waals surface area contributed by atoms with Crippen LogP contribution in [0.1, 0.15) is 12.8 Å². The molecule has 1 fully saturated rings. The van der Waals surface area contributed by atoms with Gasteiger partial charge in [0.2, 0.25) is 10.0 Å². The lowest BCUT2D eigenvalue weighted by molar-refractivity contribution is 0.496. The van der Waals surface area contributed by atoms with E-state index < -0.39 is 10.0 Å². The van der Waals surface area contributed by atoms with Gasteiger partial charge in [-0.2, -0.15) is 0 Å². The molecule has 0 bridgehead atoms. The maximum atomic E-state index is 11.6. The molecule has 0 aromatic rings. The molecule has 4 nitrogen and oxygen atoms in total. The zero-order valence-corrected chi connectivity index (χ0v) is 9.39. The molecule has 0 spiro atoms. The number of hydrogen-bond donors (Lipinski definition) is 1. The Balaban J connectivity index is 2.27. The van der Waals surface area contributed by atoms with Crippen LogP contribution in [0.3, 0.4) is 0 Å². The second-order valence-corrected chi connectivity index (χ2v) is 5.81. The van der Waals surface area contributed by atoms with Crippen molar-refractivity contribution in [1.82, 2.24) is 9.62 Å². The third kappa shape index (κ3) is 3.77. The van der Waals surface area contributed by atoms with Crippen LogP contribution in [-0.2, 0) is 10.0 Å². The molecule has 0 aromatic carbocycles. The smallest absolute Gasteiger partial charge is 0.215 e. The summed E-state index contributed by atoms with van der Waals surface area (Å²) >= 11 is 0. The molecular weight excluding hydrogens is 200 g/mol. The molecule has 1 aliphatic rings. The SMILES string of the molecule is C=CCN(C)S(=O)(=O)CCNC1CC1. The van der Waals surface area contributed by atoms with E-state index in [0.29, 0.717) is 19.1 Å². The van der Waals surface area contributed by atoms with Crippen molar-refractivity contribution < 1.29 is 8.42 Å². The summed E-state index contributed by atoms with van der Waals surface area (Å²) in [6.45, 7) is 4.44. The number of nitrogens with one attached hydrogen (secondary N) is 1. The van der Waals surface area contributed by atoms with E-state index >= 15 is 0 Å². The lowest BCUT2D eigenvalue weighted by atomic mass is 10.6. The number of hydrogen-bond acceptors (Lipinski definition) is 3. The van der Waals surface area contributed by atoms with E-state index in [1.807, 2.05) is 0 Å². The molecule has 1 aliphatic carbocycles. The van der Waals surface area contributed by atoms with Crippen LogP contribution in [0.15, 0.2) is 12.7 Å². The third-order valence-electron chi connectivity index (χ3n) is 2.23. The van der Waals surface area contributed by atoms with Crippen LogP contribution in [-0.4, -0.2) is 44.7 Å². The maximum absolute atomic E-state index is 11.6. The van der Waals surface area contributed by atoms with Crippen molar-refractivity contribution in [3.05, 3.63) is 12.7 Å². The Labute approximate surface area is 86.0 Å². The van der Waals surface area contributed by atoms with E-state index in [-0.39, 0.29) is 5.75 Å². The Morgan fingerprint density at radius 2 is 2.21 bits per heavy atom. The van der Waals surface area contributed by atoms with Gasteiger partial charge in [0, 0.05) is 26.2 Å². The van der Waals surface area contributed by atoms with Crippen LogP contribution >= 0.6 is 0 Å². The predicted molar refractivity (Wildman–Crippen MR) is 57.6 cm³/mol. The van der Waals surface area contributed by atoms with Gasteiger partial charge in [-0.05, 0) is 12.8 Å². The van der Waals surface area contributed by atoms with Crippen LogP contribution in [0.25, 0.3) is 0 Å². The van der Waals surface area contributed by atoms with Crippen LogP contribution in [0.4, 0.5) is 0 Å². The molecule has 0 atom stereocenters. The Morgan fingerprint density at radius 1 is 1.57 bits per heavy atom. The Hall–Kier alpha value is -0.390. The van der Waals surface area contributed by atoms with Crippen molar-refractivity contribution in [3.63, 3.8) is 0 Å². The van der Waals surface area contributed by atoms with Gasteiger partial charge in [0.05, 0.1) is 5.75 Å². The van der Waals surface area contributed by atoms with Gasteiger partial charge in [0.1, 0.15) is 0 Å². The van der Waals surface area contributed by atoms with E-state index in [4.69, 9.17) is 0 Å². The molecule has 82 valence electrons. The largest absolute Gasteiger partial charge is 0.313 e. The highest BCUT2D eigenvalue weighted by Crippen LogP contribution is 2.18. The van der Waals surface area contributed by atoms with Gasteiger partial charge in [0.25, 0.3) is 0 Å². The molecule has 1 rings (SSSR count). The van der Waals surface area contributed by atoms with Crippen molar-refractivity contribution in [2.45, 2.75) is 18.9 Å². The van der Waals surface area contributed by atoms with Crippen molar-refractivity contribution in [2.75, 3.05) is 25.9 Å². The van der Waals surface area contributed by atoms with Gasteiger partial charge in [0.15, 0.2) is 0 Å². The van der Waals surface area contributed by atoms with Crippen LogP contribution in [0.5, 0.6) is 0 Å². The fourth-order valence-electron chi connectivity index (χ4n) is 1.13. The summed E-state index contributed by atoms with van der Waals surface area (Å²) in [6.07, 6.45) is 3.96. The summed E-state index contributed by atoms with van der Waals surface area (Å²) in [5, 5.41) is 3.18. The van der Waals surface area contributed by atoms with E-state index in [1.165, 1.54) is 17.1 Å².